The van der Waals surface area contributed by atoms with Gasteiger partial charge in [-0.05, 0) is 18.5 Å². The quantitative estimate of drug-likeness (QED) is 0.653. The molecule has 18 heavy (non-hydrogen) atoms. The van der Waals surface area contributed by atoms with Gasteiger partial charge < -0.3 is 19.2 Å². The highest BCUT2D eigenvalue weighted by Crippen LogP contribution is 2.11. The third kappa shape index (κ3) is 6.19. The van der Waals surface area contributed by atoms with Gasteiger partial charge in [0.05, 0.1) is 32.6 Å². The van der Waals surface area contributed by atoms with Crippen LogP contribution >= 0.6 is 0 Å². The highest BCUT2D eigenvalue weighted by Gasteiger charge is 2.05. The maximum atomic E-state index is 5.57. The summed E-state index contributed by atoms with van der Waals surface area (Å²) in [5, 5.41) is 3.24. The molecule has 0 spiro atoms. The van der Waals surface area contributed by atoms with Crippen LogP contribution in [0.5, 0.6) is 0 Å². The largest absolute Gasteiger partial charge is 0.468 e. The van der Waals surface area contributed by atoms with E-state index in [2.05, 4.69) is 26.1 Å². The molecular weight excluding hydrogens is 230 g/mol. The molecule has 0 unspecified atom stereocenters. The van der Waals surface area contributed by atoms with Crippen LogP contribution in [-0.4, -0.2) is 26.4 Å². The van der Waals surface area contributed by atoms with E-state index < -0.39 is 0 Å². The third-order valence-electron chi connectivity index (χ3n) is 2.45. The first-order valence-electron chi connectivity index (χ1n) is 6.65. The molecule has 0 aliphatic heterocycles. The van der Waals surface area contributed by atoms with Crippen molar-refractivity contribution in [2.75, 3.05) is 26.4 Å². The molecule has 1 aromatic heterocycles. The zero-order valence-corrected chi connectivity index (χ0v) is 11.7. The Hall–Kier alpha value is -0.840. The molecule has 0 fully saturated rings. The third-order valence-corrected chi connectivity index (χ3v) is 2.45. The second kappa shape index (κ2) is 9.14. The second-order valence-corrected chi connectivity index (χ2v) is 4.67. The van der Waals surface area contributed by atoms with Gasteiger partial charge in [0.25, 0.3) is 0 Å². The monoisotopic (exact) mass is 255 g/mol. The molecule has 104 valence electrons. The first-order chi connectivity index (χ1) is 8.74. The summed E-state index contributed by atoms with van der Waals surface area (Å²) in [6, 6.07) is 1.96. The van der Waals surface area contributed by atoms with Crippen molar-refractivity contribution in [3.05, 3.63) is 23.7 Å². The number of hydrogen-bond donors (Lipinski definition) is 1. The van der Waals surface area contributed by atoms with E-state index in [0.29, 0.717) is 25.7 Å². The molecule has 0 amide bonds. The standard InChI is InChI=1S/C14H25NO3/c1-4-15-9-14-13(5-6-18-14)11-17-8-7-16-10-12(2)3/h5-6,12,15H,4,7-11H2,1-3H3. The normalized spacial score (nSPS) is 11.3. The van der Waals surface area contributed by atoms with Gasteiger partial charge in [-0.3, -0.25) is 0 Å². The summed E-state index contributed by atoms with van der Waals surface area (Å²) < 4.78 is 16.4. The fourth-order valence-electron chi connectivity index (χ4n) is 1.51. The predicted octanol–water partition coefficient (Wildman–Crippen LogP) is 2.58. The molecule has 0 saturated carbocycles. The Morgan fingerprint density at radius 3 is 2.78 bits per heavy atom. The van der Waals surface area contributed by atoms with Crippen molar-refractivity contribution in [1.29, 1.82) is 0 Å². The molecule has 0 saturated heterocycles. The van der Waals surface area contributed by atoms with Crippen molar-refractivity contribution in [1.82, 2.24) is 5.32 Å². The van der Waals surface area contributed by atoms with Gasteiger partial charge >= 0.3 is 0 Å². The van der Waals surface area contributed by atoms with Crippen LogP contribution in [0.15, 0.2) is 16.7 Å². The van der Waals surface area contributed by atoms with Crippen molar-refractivity contribution in [2.24, 2.45) is 5.92 Å². The Bertz CT molecular complexity index is 310. The minimum absolute atomic E-state index is 0.575. The number of furan rings is 1. The molecule has 0 radical (unpaired) electrons. The summed E-state index contributed by atoms with van der Waals surface area (Å²) >= 11 is 0. The van der Waals surface area contributed by atoms with Crippen LogP contribution in [0.4, 0.5) is 0 Å². The lowest BCUT2D eigenvalue weighted by atomic mass is 10.2. The van der Waals surface area contributed by atoms with Crippen LogP contribution in [0.2, 0.25) is 0 Å². The molecule has 4 heteroatoms. The highest BCUT2D eigenvalue weighted by atomic mass is 16.5. The summed E-state index contributed by atoms with van der Waals surface area (Å²) in [6.45, 7) is 10.7. The fourth-order valence-corrected chi connectivity index (χ4v) is 1.51. The number of rotatable bonds is 10. The van der Waals surface area contributed by atoms with Crippen LogP contribution in [0.25, 0.3) is 0 Å². The van der Waals surface area contributed by atoms with Crippen LogP contribution in [0, 0.1) is 5.92 Å². The maximum Gasteiger partial charge on any atom is 0.123 e. The van der Waals surface area contributed by atoms with E-state index in [-0.39, 0.29) is 0 Å². The number of hydrogen-bond acceptors (Lipinski definition) is 4. The van der Waals surface area contributed by atoms with E-state index in [1.165, 1.54) is 0 Å². The van der Waals surface area contributed by atoms with Crippen LogP contribution in [0.3, 0.4) is 0 Å². The summed E-state index contributed by atoms with van der Waals surface area (Å²) in [6.07, 6.45) is 1.71. The fraction of sp³-hybridized carbons (Fsp3) is 0.714. The summed E-state index contributed by atoms with van der Waals surface area (Å²) in [5.41, 5.74) is 1.11. The van der Waals surface area contributed by atoms with Crippen molar-refractivity contribution in [2.45, 2.75) is 33.9 Å². The lowest BCUT2D eigenvalue weighted by Crippen LogP contribution is -2.13. The molecule has 0 bridgehead atoms. The summed E-state index contributed by atoms with van der Waals surface area (Å²) in [4.78, 5) is 0. The Labute approximate surface area is 110 Å². The van der Waals surface area contributed by atoms with Gasteiger partial charge in [0.1, 0.15) is 5.76 Å². The molecule has 1 rings (SSSR count). The van der Waals surface area contributed by atoms with E-state index in [4.69, 9.17) is 13.9 Å². The van der Waals surface area contributed by atoms with Gasteiger partial charge in [0.15, 0.2) is 0 Å². The first-order valence-corrected chi connectivity index (χ1v) is 6.65. The zero-order chi connectivity index (χ0) is 13.2. The highest BCUT2D eigenvalue weighted by molar-refractivity contribution is 5.15. The topological polar surface area (TPSA) is 43.6 Å². The average Bonchev–Trinajstić information content (AvgIpc) is 2.78. The maximum absolute atomic E-state index is 5.57. The molecule has 0 aliphatic rings. The van der Waals surface area contributed by atoms with Gasteiger partial charge in [-0.15, -0.1) is 0 Å². The van der Waals surface area contributed by atoms with Gasteiger partial charge in [-0.25, -0.2) is 0 Å². The lowest BCUT2D eigenvalue weighted by molar-refractivity contribution is 0.0310. The second-order valence-electron chi connectivity index (χ2n) is 4.67. The Kier molecular flexibility index (Phi) is 7.73. The molecule has 1 N–H and O–H groups in total. The molecule has 1 heterocycles. The predicted molar refractivity (Wildman–Crippen MR) is 71.4 cm³/mol. The van der Waals surface area contributed by atoms with Crippen LogP contribution in [-0.2, 0) is 22.6 Å². The molecule has 4 nitrogen and oxygen atoms in total. The van der Waals surface area contributed by atoms with Crippen molar-refractivity contribution in [3.63, 3.8) is 0 Å². The van der Waals surface area contributed by atoms with Gasteiger partial charge in [0, 0.05) is 12.2 Å². The SMILES string of the molecule is CCNCc1occc1COCCOCC(C)C. The van der Waals surface area contributed by atoms with Gasteiger partial charge in [-0.2, -0.15) is 0 Å². The van der Waals surface area contributed by atoms with Gasteiger partial charge in [-0.1, -0.05) is 20.8 Å². The lowest BCUT2D eigenvalue weighted by Gasteiger charge is -2.08. The Balaban J connectivity index is 2.13. The van der Waals surface area contributed by atoms with Crippen molar-refractivity contribution < 1.29 is 13.9 Å². The van der Waals surface area contributed by atoms with E-state index in [9.17, 15) is 0 Å². The first kappa shape index (κ1) is 15.2. The van der Waals surface area contributed by atoms with Crippen LogP contribution in [0.1, 0.15) is 32.1 Å². The van der Waals surface area contributed by atoms with Crippen molar-refractivity contribution >= 4 is 0 Å². The van der Waals surface area contributed by atoms with E-state index in [1.54, 1.807) is 6.26 Å². The van der Waals surface area contributed by atoms with E-state index >= 15 is 0 Å². The van der Waals surface area contributed by atoms with Crippen molar-refractivity contribution in [3.8, 4) is 0 Å². The molecular formula is C14H25NO3. The number of nitrogens with one attached hydrogen (secondary N) is 1. The molecule has 0 atom stereocenters. The molecule has 1 aromatic rings. The van der Waals surface area contributed by atoms with E-state index in [0.717, 1.165) is 31.0 Å². The van der Waals surface area contributed by atoms with Gasteiger partial charge in [0.2, 0.25) is 0 Å². The summed E-state index contributed by atoms with van der Waals surface area (Å²) in [7, 11) is 0. The average molecular weight is 255 g/mol. The smallest absolute Gasteiger partial charge is 0.123 e. The summed E-state index contributed by atoms with van der Waals surface area (Å²) in [5.74, 6) is 1.53. The minimum Gasteiger partial charge on any atom is -0.468 e. The molecule has 0 aliphatic carbocycles. The molecule has 0 aromatic carbocycles. The zero-order valence-electron chi connectivity index (χ0n) is 11.7. The van der Waals surface area contributed by atoms with Crippen LogP contribution < -0.4 is 5.32 Å². The minimum atomic E-state index is 0.575. The van der Waals surface area contributed by atoms with E-state index in [1.807, 2.05) is 6.07 Å². The Morgan fingerprint density at radius 1 is 1.28 bits per heavy atom. The number of ether oxygens (including phenoxy) is 2. The Morgan fingerprint density at radius 2 is 2.06 bits per heavy atom.